The van der Waals surface area contributed by atoms with E-state index in [0.717, 1.165) is 11.4 Å². The number of hydrogen-bond acceptors (Lipinski definition) is 2. The fourth-order valence-electron chi connectivity index (χ4n) is 7.67. The summed E-state index contributed by atoms with van der Waals surface area (Å²) in [6.07, 6.45) is 0. The molecule has 1 aromatic heterocycles. The third-order valence-corrected chi connectivity index (χ3v) is 11.2. The number of thiophene rings is 1. The fraction of sp³-hybridized carbons (Fsp3) is 0. The minimum atomic E-state index is 1.12. The van der Waals surface area contributed by atoms with E-state index < -0.39 is 0 Å². The highest BCUT2D eigenvalue weighted by Crippen LogP contribution is 2.47. The van der Waals surface area contributed by atoms with Gasteiger partial charge in [-0.25, -0.2) is 0 Å². The Morgan fingerprint density at radius 1 is 0.340 bits per heavy atom. The zero-order valence-electron chi connectivity index (χ0n) is 27.3. The third-order valence-electron chi connectivity index (χ3n) is 10.0. The van der Waals surface area contributed by atoms with Gasteiger partial charge in [0.25, 0.3) is 0 Å². The van der Waals surface area contributed by atoms with Crippen LogP contribution in [0.5, 0.6) is 0 Å². The molecule has 0 saturated heterocycles. The van der Waals surface area contributed by atoms with Gasteiger partial charge >= 0.3 is 0 Å². The summed E-state index contributed by atoms with van der Waals surface area (Å²) >= 11 is 1.87. The summed E-state index contributed by atoms with van der Waals surface area (Å²) < 4.78 is 2.59. The van der Waals surface area contributed by atoms with Crippen LogP contribution in [0.3, 0.4) is 0 Å². The molecule has 0 amide bonds. The van der Waals surface area contributed by atoms with E-state index in [0.29, 0.717) is 0 Å². The van der Waals surface area contributed by atoms with Gasteiger partial charge in [0.2, 0.25) is 0 Å². The van der Waals surface area contributed by atoms with Gasteiger partial charge in [-0.1, -0.05) is 146 Å². The van der Waals surface area contributed by atoms with Crippen molar-refractivity contribution in [2.75, 3.05) is 4.90 Å². The second kappa shape index (κ2) is 11.7. The number of benzene rings is 9. The lowest BCUT2D eigenvalue weighted by atomic mass is 9.93. The highest BCUT2D eigenvalue weighted by molar-refractivity contribution is 7.26. The van der Waals surface area contributed by atoms with Crippen molar-refractivity contribution in [1.29, 1.82) is 0 Å². The number of hydrogen-bond donors (Lipinski definition) is 0. The Balaban J connectivity index is 1.19. The minimum absolute atomic E-state index is 1.12. The Labute approximate surface area is 294 Å². The van der Waals surface area contributed by atoms with Crippen LogP contribution in [0, 0.1) is 0 Å². The summed E-state index contributed by atoms with van der Waals surface area (Å²) in [6.45, 7) is 0. The SMILES string of the molecule is c1ccc(N(c2ccc(-c3cc4ccccc4c4ccccc34)cc2)c2cccc3c2sc2ccccc23)c(-c2ccc3ccccc3c2)c1. The lowest BCUT2D eigenvalue weighted by molar-refractivity contribution is 1.30. The van der Waals surface area contributed by atoms with Crippen LogP contribution in [-0.4, -0.2) is 0 Å². The Kier molecular flexibility index (Phi) is 6.75. The summed E-state index contributed by atoms with van der Waals surface area (Å²) in [7, 11) is 0. The molecule has 1 heterocycles. The van der Waals surface area contributed by atoms with E-state index in [1.165, 1.54) is 80.4 Å². The quantitative estimate of drug-likeness (QED) is 0.167. The minimum Gasteiger partial charge on any atom is -0.308 e. The molecule has 0 radical (unpaired) electrons. The summed E-state index contributed by atoms with van der Waals surface area (Å²) in [5.74, 6) is 0. The van der Waals surface area contributed by atoms with Gasteiger partial charge in [0.15, 0.2) is 0 Å². The first-order valence-corrected chi connectivity index (χ1v) is 17.9. The molecule has 0 unspecified atom stereocenters. The van der Waals surface area contributed by atoms with Gasteiger partial charge in [0.1, 0.15) is 0 Å². The monoisotopic (exact) mass is 653 g/mol. The molecule has 0 aliphatic carbocycles. The topological polar surface area (TPSA) is 3.24 Å². The molecule has 0 fully saturated rings. The summed E-state index contributed by atoms with van der Waals surface area (Å²) in [5, 5.41) is 10.2. The van der Waals surface area contributed by atoms with Gasteiger partial charge in [-0.3, -0.25) is 0 Å². The maximum absolute atomic E-state index is 2.46. The largest absolute Gasteiger partial charge is 0.308 e. The van der Waals surface area contributed by atoms with E-state index in [1.807, 2.05) is 11.3 Å². The average molecular weight is 654 g/mol. The van der Waals surface area contributed by atoms with Crippen molar-refractivity contribution in [1.82, 2.24) is 0 Å². The number of anilines is 3. The predicted molar refractivity (Wildman–Crippen MR) is 217 cm³/mol. The lowest BCUT2D eigenvalue weighted by Gasteiger charge is -2.28. The van der Waals surface area contributed by atoms with E-state index in [2.05, 4.69) is 193 Å². The van der Waals surface area contributed by atoms with Crippen molar-refractivity contribution < 1.29 is 0 Å². The van der Waals surface area contributed by atoms with Crippen LogP contribution in [0.1, 0.15) is 0 Å². The number of rotatable bonds is 5. The molecule has 10 rings (SSSR count). The molecule has 9 aromatic carbocycles. The van der Waals surface area contributed by atoms with Crippen molar-refractivity contribution in [2.24, 2.45) is 0 Å². The molecule has 2 heteroatoms. The van der Waals surface area contributed by atoms with Crippen LogP contribution in [0.15, 0.2) is 188 Å². The Morgan fingerprint density at radius 3 is 1.82 bits per heavy atom. The van der Waals surface area contributed by atoms with Gasteiger partial charge in [-0.15, -0.1) is 11.3 Å². The van der Waals surface area contributed by atoms with E-state index in [9.17, 15) is 0 Å². The number of para-hydroxylation sites is 1. The normalized spacial score (nSPS) is 11.6. The maximum atomic E-state index is 2.46. The van der Waals surface area contributed by atoms with Crippen LogP contribution < -0.4 is 4.90 Å². The summed E-state index contributed by atoms with van der Waals surface area (Å²) in [4.78, 5) is 2.46. The van der Waals surface area contributed by atoms with E-state index in [1.54, 1.807) is 0 Å². The van der Waals surface area contributed by atoms with E-state index in [4.69, 9.17) is 0 Å². The van der Waals surface area contributed by atoms with Gasteiger partial charge in [0, 0.05) is 26.7 Å². The summed E-state index contributed by atoms with van der Waals surface area (Å²) in [5.41, 5.74) is 8.31. The van der Waals surface area contributed by atoms with Crippen molar-refractivity contribution in [3.05, 3.63) is 188 Å². The zero-order chi connectivity index (χ0) is 33.0. The second-order valence-electron chi connectivity index (χ2n) is 12.9. The molecule has 0 aliphatic heterocycles. The molecule has 0 saturated carbocycles. The molecule has 50 heavy (non-hydrogen) atoms. The zero-order valence-corrected chi connectivity index (χ0v) is 28.1. The molecule has 1 nitrogen and oxygen atoms in total. The van der Waals surface area contributed by atoms with Gasteiger partial charge in [-0.2, -0.15) is 0 Å². The first-order chi connectivity index (χ1) is 24.8. The number of fused-ring (bicyclic) bond motifs is 7. The van der Waals surface area contributed by atoms with E-state index in [-0.39, 0.29) is 0 Å². The van der Waals surface area contributed by atoms with Crippen molar-refractivity contribution in [3.63, 3.8) is 0 Å². The third kappa shape index (κ3) is 4.69. The van der Waals surface area contributed by atoms with Crippen molar-refractivity contribution >= 4 is 80.9 Å². The van der Waals surface area contributed by atoms with Crippen LogP contribution in [0.25, 0.3) is 74.7 Å². The Hall–Kier alpha value is -6.22. The molecule has 0 bridgehead atoms. The predicted octanol–water partition coefficient (Wildman–Crippen LogP) is 14.3. The second-order valence-corrected chi connectivity index (χ2v) is 14.0. The number of nitrogens with zero attached hydrogens (tertiary/aromatic N) is 1. The van der Waals surface area contributed by atoms with E-state index >= 15 is 0 Å². The molecule has 10 aromatic rings. The molecule has 234 valence electrons. The molecule has 0 aliphatic rings. The molecular weight excluding hydrogens is 623 g/mol. The van der Waals surface area contributed by atoms with Crippen molar-refractivity contribution in [3.8, 4) is 22.3 Å². The molecule has 0 spiro atoms. The van der Waals surface area contributed by atoms with Gasteiger partial charge in [-0.05, 0) is 91.5 Å². The lowest BCUT2D eigenvalue weighted by Crippen LogP contribution is -2.11. The Bertz CT molecular complexity index is 2880. The first-order valence-electron chi connectivity index (χ1n) is 17.1. The maximum Gasteiger partial charge on any atom is 0.0640 e. The molecule has 0 atom stereocenters. The molecular formula is C48H31NS. The smallest absolute Gasteiger partial charge is 0.0640 e. The van der Waals surface area contributed by atoms with Crippen LogP contribution in [0.4, 0.5) is 17.1 Å². The highest BCUT2D eigenvalue weighted by Gasteiger charge is 2.21. The highest BCUT2D eigenvalue weighted by atomic mass is 32.1. The van der Waals surface area contributed by atoms with Gasteiger partial charge in [0.05, 0.1) is 16.1 Å². The molecule has 0 N–H and O–H groups in total. The standard InChI is InChI=1S/C48H31NS/c1-2-13-34-30-36(25-24-32(34)12-1)39-16-7-9-21-45(39)49(46-22-11-20-43-42-19-8-10-23-47(42)50-48(43)46)37-28-26-33(27-29-37)44-31-35-14-3-4-15-38(35)40-17-5-6-18-41(40)44/h1-31H. The summed E-state index contributed by atoms with van der Waals surface area (Å²) in [6, 6.07) is 68.8. The fourth-order valence-corrected chi connectivity index (χ4v) is 8.88. The van der Waals surface area contributed by atoms with Crippen LogP contribution in [0.2, 0.25) is 0 Å². The average Bonchev–Trinajstić information content (AvgIpc) is 3.58. The van der Waals surface area contributed by atoms with Crippen molar-refractivity contribution in [2.45, 2.75) is 0 Å². The Morgan fingerprint density at radius 2 is 0.960 bits per heavy atom. The first kappa shape index (κ1) is 28.8. The van der Waals surface area contributed by atoms with Crippen LogP contribution >= 0.6 is 11.3 Å². The van der Waals surface area contributed by atoms with Gasteiger partial charge < -0.3 is 4.90 Å². The van der Waals surface area contributed by atoms with Crippen LogP contribution in [-0.2, 0) is 0 Å².